The van der Waals surface area contributed by atoms with Crippen LogP contribution in [-0.4, -0.2) is 20.6 Å². The van der Waals surface area contributed by atoms with E-state index in [0.29, 0.717) is 5.82 Å². The van der Waals surface area contributed by atoms with Crippen LogP contribution in [0.3, 0.4) is 0 Å². The van der Waals surface area contributed by atoms with Crippen LogP contribution in [0, 0.1) is 5.92 Å². The number of carbonyl (C=O) groups is 1. The zero-order valence-corrected chi connectivity index (χ0v) is 13.7. The zero-order chi connectivity index (χ0) is 17.1. The first-order valence-corrected chi connectivity index (χ1v) is 7.94. The fourth-order valence-corrected chi connectivity index (χ4v) is 2.86. The molecule has 0 amide bonds. The predicted molar refractivity (Wildman–Crippen MR) is 92.0 cm³/mol. The molecule has 1 aromatic heterocycles. The van der Waals surface area contributed by atoms with Gasteiger partial charge in [-0.3, -0.25) is 0 Å². The minimum Gasteiger partial charge on any atom is -0.486 e. The number of rotatable bonds is 6. The van der Waals surface area contributed by atoms with Crippen molar-refractivity contribution in [1.82, 2.24) is 9.55 Å². The van der Waals surface area contributed by atoms with Crippen molar-refractivity contribution in [2.45, 2.75) is 26.5 Å². The number of aromatic nitrogens is 2. The fourth-order valence-electron chi connectivity index (χ4n) is 2.86. The van der Waals surface area contributed by atoms with Crippen molar-refractivity contribution in [2.24, 2.45) is 5.92 Å². The minimum atomic E-state index is -0.867. The number of benzene rings is 2. The number of fused-ring (bicyclic) bond motifs is 1. The molecule has 3 rings (SSSR count). The Hall–Kier alpha value is -2.82. The van der Waals surface area contributed by atoms with Gasteiger partial charge in [0.15, 0.2) is 0 Å². The van der Waals surface area contributed by atoms with Gasteiger partial charge >= 0.3 is 5.97 Å². The van der Waals surface area contributed by atoms with Crippen molar-refractivity contribution in [1.29, 1.82) is 0 Å². The first kappa shape index (κ1) is 16.1. The molecule has 0 aliphatic rings. The van der Waals surface area contributed by atoms with Gasteiger partial charge in [-0.05, 0) is 30.2 Å². The molecule has 1 atom stereocenters. The SMILES string of the molecule is CC(C)C(C(=O)O)n1c(COc2ccccc2)nc2ccccc21. The lowest BCUT2D eigenvalue weighted by atomic mass is 10.0. The smallest absolute Gasteiger partial charge is 0.327 e. The summed E-state index contributed by atoms with van der Waals surface area (Å²) in [5, 5.41) is 9.70. The largest absolute Gasteiger partial charge is 0.486 e. The van der Waals surface area contributed by atoms with Crippen molar-refractivity contribution in [2.75, 3.05) is 0 Å². The number of carboxylic acids is 1. The number of hydrogen-bond acceptors (Lipinski definition) is 3. The van der Waals surface area contributed by atoms with Crippen molar-refractivity contribution in [3.8, 4) is 5.75 Å². The lowest BCUT2D eigenvalue weighted by molar-refractivity contribution is -0.142. The summed E-state index contributed by atoms with van der Waals surface area (Å²) in [5.74, 6) is 0.401. The van der Waals surface area contributed by atoms with Gasteiger partial charge in [-0.2, -0.15) is 0 Å². The third-order valence-electron chi connectivity index (χ3n) is 3.94. The van der Waals surface area contributed by atoms with Crippen LogP contribution in [-0.2, 0) is 11.4 Å². The predicted octanol–water partition coefficient (Wildman–Crippen LogP) is 3.90. The summed E-state index contributed by atoms with van der Waals surface area (Å²) in [6.45, 7) is 4.01. The molecule has 3 aromatic rings. The number of nitrogens with zero attached hydrogens (tertiary/aromatic N) is 2. The normalized spacial score (nSPS) is 12.5. The van der Waals surface area contributed by atoms with E-state index in [1.807, 2.05) is 68.4 Å². The number of aliphatic carboxylic acids is 1. The summed E-state index contributed by atoms with van der Waals surface area (Å²) in [6.07, 6.45) is 0. The topological polar surface area (TPSA) is 64.3 Å². The Balaban J connectivity index is 2.03. The van der Waals surface area contributed by atoms with E-state index in [1.165, 1.54) is 0 Å². The average molecular weight is 324 g/mol. The maximum Gasteiger partial charge on any atom is 0.327 e. The minimum absolute atomic E-state index is 0.0735. The molecule has 0 fully saturated rings. The van der Waals surface area contributed by atoms with Crippen LogP contribution >= 0.6 is 0 Å². The van der Waals surface area contributed by atoms with E-state index in [2.05, 4.69) is 4.98 Å². The Labute approximate surface area is 140 Å². The van der Waals surface area contributed by atoms with Crippen LogP contribution in [0.1, 0.15) is 25.7 Å². The Morgan fingerprint density at radius 3 is 2.46 bits per heavy atom. The molecule has 1 N–H and O–H groups in total. The molecule has 0 radical (unpaired) electrons. The summed E-state index contributed by atoms with van der Waals surface area (Å²) in [5.41, 5.74) is 1.58. The van der Waals surface area contributed by atoms with E-state index in [0.717, 1.165) is 16.8 Å². The maximum absolute atomic E-state index is 11.8. The second-order valence-electron chi connectivity index (χ2n) is 6.02. The molecule has 0 aliphatic carbocycles. The van der Waals surface area contributed by atoms with Crippen molar-refractivity contribution < 1.29 is 14.6 Å². The molecule has 124 valence electrons. The Morgan fingerprint density at radius 2 is 1.79 bits per heavy atom. The van der Waals surface area contributed by atoms with E-state index >= 15 is 0 Å². The van der Waals surface area contributed by atoms with Crippen molar-refractivity contribution >= 4 is 17.0 Å². The third kappa shape index (κ3) is 3.11. The van der Waals surface area contributed by atoms with Gasteiger partial charge in [0.05, 0.1) is 11.0 Å². The Bertz CT molecular complexity index is 840. The molecule has 1 heterocycles. The third-order valence-corrected chi connectivity index (χ3v) is 3.94. The van der Waals surface area contributed by atoms with Crippen molar-refractivity contribution in [3.63, 3.8) is 0 Å². The van der Waals surface area contributed by atoms with Gasteiger partial charge in [-0.25, -0.2) is 9.78 Å². The van der Waals surface area contributed by atoms with Gasteiger partial charge in [-0.1, -0.05) is 44.2 Å². The van der Waals surface area contributed by atoms with Gasteiger partial charge in [0.2, 0.25) is 0 Å². The first-order chi connectivity index (χ1) is 11.6. The quantitative estimate of drug-likeness (QED) is 0.747. The molecule has 0 bridgehead atoms. The van der Waals surface area contributed by atoms with E-state index in [1.54, 1.807) is 4.57 Å². The number of para-hydroxylation sites is 3. The van der Waals surface area contributed by atoms with Crippen molar-refractivity contribution in [3.05, 3.63) is 60.4 Å². The molecule has 2 aromatic carbocycles. The molecular weight excluding hydrogens is 304 g/mol. The summed E-state index contributed by atoms with van der Waals surface area (Å²) < 4.78 is 7.58. The molecule has 0 saturated carbocycles. The van der Waals surface area contributed by atoms with E-state index < -0.39 is 12.0 Å². The molecule has 24 heavy (non-hydrogen) atoms. The highest BCUT2D eigenvalue weighted by molar-refractivity contribution is 5.80. The van der Waals surface area contributed by atoms with Crippen LogP contribution < -0.4 is 4.74 Å². The molecule has 0 aliphatic heterocycles. The van der Waals surface area contributed by atoms with Crippen LogP contribution in [0.15, 0.2) is 54.6 Å². The number of imidazole rings is 1. The van der Waals surface area contributed by atoms with Crippen LogP contribution in [0.25, 0.3) is 11.0 Å². The number of ether oxygens (including phenoxy) is 1. The molecule has 0 saturated heterocycles. The molecule has 1 unspecified atom stereocenters. The van der Waals surface area contributed by atoms with E-state index in [-0.39, 0.29) is 12.5 Å². The van der Waals surface area contributed by atoms with Gasteiger partial charge in [0, 0.05) is 0 Å². The maximum atomic E-state index is 11.8. The van der Waals surface area contributed by atoms with Crippen LogP contribution in [0.5, 0.6) is 5.75 Å². The highest BCUT2D eigenvalue weighted by Gasteiger charge is 2.28. The standard InChI is InChI=1S/C19H20N2O3/c1-13(2)18(19(22)23)21-16-11-7-6-10-15(16)20-17(21)12-24-14-8-4-3-5-9-14/h3-11,13,18H,12H2,1-2H3,(H,22,23). The molecule has 5 nitrogen and oxygen atoms in total. The van der Waals surface area contributed by atoms with Gasteiger partial charge in [-0.15, -0.1) is 0 Å². The highest BCUT2D eigenvalue weighted by atomic mass is 16.5. The lowest BCUT2D eigenvalue weighted by Gasteiger charge is -2.21. The molecule has 0 spiro atoms. The van der Waals surface area contributed by atoms with Gasteiger partial charge in [0.1, 0.15) is 24.2 Å². The summed E-state index contributed by atoms with van der Waals surface area (Å²) in [4.78, 5) is 16.4. The first-order valence-electron chi connectivity index (χ1n) is 7.94. The number of carboxylic acid groups (broad SMARTS) is 1. The number of hydrogen-bond donors (Lipinski definition) is 1. The summed E-state index contributed by atoms with van der Waals surface area (Å²) in [6, 6.07) is 16.3. The van der Waals surface area contributed by atoms with E-state index in [9.17, 15) is 9.90 Å². The van der Waals surface area contributed by atoms with Gasteiger partial charge in [0.25, 0.3) is 0 Å². The summed E-state index contributed by atoms with van der Waals surface area (Å²) >= 11 is 0. The average Bonchev–Trinajstić information content (AvgIpc) is 2.92. The monoisotopic (exact) mass is 324 g/mol. The van der Waals surface area contributed by atoms with E-state index in [4.69, 9.17) is 4.74 Å². The molecule has 5 heteroatoms. The lowest BCUT2D eigenvalue weighted by Crippen LogP contribution is -2.26. The second kappa shape index (κ2) is 6.74. The Morgan fingerprint density at radius 1 is 1.12 bits per heavy atom. The second-order valence-corrected chi connectivity index (χ2v) is 6.02. The molecular formula is C19H20N2O3. The summed E-state index contributed by atoms with van der Waals surface area (Å²) in [7, 11) is 0. The zero-order valence-electron chi connectivity index (χ0n) is 13.7. The Kier molecular flexibility index (Phi) is 4.51. The highest BCUT2D eigenvalue weighted by Crippen LogP contribution is 2.27. The van der Waals surface area contributed by atoms with Crippen LogP contribution in [0.4, 0.5) is 0 Å². The fraction of sp³-hybridized carbons (Fsp3) is 0.263. The van der Waals surface area contributed by atoms with Crippen LogP contribution in [0.2, 0.25) is 0 Å². The van der Waals surface area contributed by atoms with Gasteiger partial charge < -0.3 is 14.4 Å².